The molecule has 0 unspecified atom stereocenters. The van der Waals surface area contributed by atoms with Gasteiger partial charge < -0.3 is 10.6 Å². The molecule has 1 aromatic carbocycles. The van der Waals surface area contributed by atoms with Crippen molar-refractivity contribution < 1.29 is 4.39 Å². The predicted molar refractivity (Wildman–Crippen MR) is 65.5 cm³/mol. The third kappa shape index (κ3) is 4.74. The van der Waals surface area contributed by atoms with Crippen LogP contribution in [0.2, 0.25) is 0 Å². The van der Waals surface area contributed by atoms with Gasteiger partial charge in [0, 0.05) is 11.2 Å². The van der Waals surface area contributed by atoms with E-state index in [9.17, 15) is 4.39 Å². The maximum Gasteiger partial charge on any atom is 0.171 e. The highest BCUT2D eigenvalue weighted by molar-refractivity contribution is 7.80. The first-order valence-electron chi connectivity index (χ1n) is 4.71. The van der Waals surface area contributed by atoms with E-state index in [0.29, 0.717) is 10.8 Å². The highest BCUT2D eigenvalue weighted by Gasteiger charge is 2.10. The summed E-state index contributed by atoms with van der Waals surface area (Å²) in [6, 6.07) is 6.19. The fourth-order valence-corrected chi connectivity index (χ4v) is 1.49. The minimum atomic E-state index is -0.279. The average molecular weight is 226 g/mol. The van der Waals surface area contributed by atoms with Gasteiger partial charge in [-0.25, -0.2) is 4.39 Å². The van der Waals surface area contributed by atoms with Crippen molar-refractivity contribution in [2.75, 3.05) is 5.32 Å². The van der Waals surface area contributed by atoms with Gasteiger partial charge in [0.1, 0.15) is 5.82 Å². The zero-order valence-corrected chi connectivity index (χ0v) is 9.91. The van der Waals surface area contributed by atoms with Crippen molar-refractivity contribution in [3.8, 4) is 0 Å². The summed E-state index contributed by atoms with van der Waals surface area (Å²) >= 11 is 5.08. The molecule has 2 nitrogen and oxygen atoms in total. The normalized spacial score (nSPS) is 10.9. The van der Waals surface area contributed by atoms with Crippen LogP contribution in [-0.4, -0.2) is 10.7 Å². The van der Waals surface area contributed by atoms with Crippen molar-refractivity contribution in [3.63, 3.8) is 0 Å². The van der Waals surface area contributed by atoms with E-state index in [2.05, 4.69) is 10.6 Å². The van der Waals surface area contributed by atoms with E-state index in [0.717, 1.165) is 0 Å². The van der Waals surface area contributed by atoms with E-state index in [4.69, 9.17) is 12.2 Å². The van der Waals surface area contributed by atoms with Crippen LogP contribution in [0.3, 0.4) is 0 Å². The summed E-state index contributed by atoms with van der Waals surface area (Å²) in [5.41, 5.74) is 0.550. The van der Waals surface area contributed by atoms with Crippen LogP contribution in [0.25, 0.3) is 0 Å². The zero-order valence-electron chi connectivity index (χ0n) is 9.10. The molecular formula is C11H15FN2S. The van der Waals surface area contributed by atoms with Gasteiger partial charge in [0.05, 0.1) is 0 Å². The van der Waals surface area contributed by atoms with E-state index < -0.39 is 0 Å². The molecule has 0 atom stereocenters. The van der Waals surface area contributed by atoms with Gasteiger partial charge in [0.2, 0.25) is 0 Å². The van der Waals surface area contributed by atoms with E-state index in [1.165, 1.54) is 12.1 Å². The largest absolute Gasteiger partial charge is 0.358 e. The fourth-order valence-electron chi connectivity index (χ4n) is 1.07. The van der Waals surface area contributed by atoms with Crippen molar-refractivity contribution in [2.24, 2.45) is 0 Å². The summed E-state index contributed by atoms with van der Waals surface area (Å²) < 4.78 is 12.9. The topological polar surface area (TPSA) is 24.1 Å². The summed E-state index contributed by atoms with van der Waals surface area (Å²) in [6.45, 7) is 6.02. The van der Waals surface area contributed by atoms with Gasteiger partial charge in [-0.15, -0.1) is 0 Å². The molecule has 1 rings (SSSR count). The molecule has 0 spiro atoms. The molecular weight excluding hydrogens is 211 g/mol. The Balaban J connectivity index is 2.59. The van der Waals surface area contributed by atoms with Gasteiger partial charge in [0.15, 0.2) is 5.11 Å². The van der Waals surface area contributed by atoms with Crippen LogP contribution >= 0.6 is 12.2 Å². The summed E-state index contributed by atoms with van der Waals surface area (Å²) in [5, 5.41) is 6.50. The molecule has 0 saturated carbocycles. The van der Waals surface area contributed by atoms with Crippen LogP contribution in [0, 0.1) is 5.82 Å². The second kappa shape index (κ2) is 4.57. The van der Waals surface area contributed by atoms with Crippen LogP contribution in [0.4, 0.5) is 10.1 Å². The SMILES string of the molecule is CC(C)(C)NC(=S)Nc1cccc(F)c1. The average Bonchev–Trinajstić information content (AvgIpc) is 1.99. The van der Waals surface area contributed by atoms with Crippen LogP contribution in [-0.2, 0) is 0 Å². The van der Waals surface area contributed by atoms with E-state index in [-0.39, 0.29) is 11.4 Å². The third-order valence-corrected chi connectivity index (χ3v) is 1.78. The van der Waals surface area contributed by atoms with E-state index >= 15 is 0 Å². The van der Waals surface area contributed by atoms with E-state index in [1.54, 1.807) is 12.1 Å². The molecule has 0 aliphatic rings. The van der Waals surface area contributed by atoms with E-state index in [1.807, 2.05) is 20.8 Å². The molecule has 0 bridgehead atoms. The molecule has 0 aliphatic carbocycles. The number of benzene rings is 1. The molecule has 0 amide bonds. The molecule has 0 fully saturated rings. The second-order valence-corrected chi connectivity index (χ2v) is 4.75. The summed E-state index contributed by atoms with van der Waals surface area (Å²) in [6.07, 6.45) is 0. The quantitative estimate of drug-likeness (QED) is 0.720. The Morgan fingerprint density at radius 1 is 1.33 bits per heavy atom. The van der Waals surface area contributed by atoms with Crippen molar-refractivity contribution in [1.82, 2.24) is 5.32 Å². The Morgan fingerprint density at radius 2 is 2.00 bits per heavy atom. The number of hydrogen-bond acceptors (Lipinski definition) is 1. The fraction of sp³-hybridized carbons (Fsp3) is 0.364. The number of rotatable bonds is 1. The standard InChI is InChI=1S/C11H15FN2S/c1-11(2,3)14-10(15)13-9-6-4-5-8(12)7-9/h4-7H,1-3H3,(H2,13,14,15). The predicted octanol–water partition coefficient (Wildman–Crippen LogP) is 2.91. The smallest absolute Gasteiger partial charge is 0.171 e. The lowest BCUT2D eigenvalue weighted by atomic mass is 10.1. The molecule has 15 heavy (non-hydrogen) atoms. The number of anilines is 1. The first-order chi connectivity index (χ1) is 6.87. The molecule has 82 valence electrons. The molecule has 0 aliphatic heterocycles. The van der Waals surface area contributed by atoms with Gasteiger partial charge in [0.25, 0.3) is 0 Å². The van der Waals surface area contributed by atoms with Crippen LogP contribution < -0.4 is 10.6 Å². The third-order valence-electron chi connectivity index (χ3n) is 1.57. The van der Waals surface area contributed by atoms with Crippen molar-refractivity contribution in [1.29, 1.82) is 0 Å². The zero-order chi connectivity index (χ0) is 11.5. The maximum absolute atomic E-state index is 12.9. The lowest BCUT2D eigenvalue weighted by Crippen LogP contribution is -2.42. The molecule has 0 aromatic heterocycles. The van der Waals surface area contributed by atoms with Gasteiger partial charge in [-0.05, 0) is 51.2 Å². The van der Waals surface area contributed by atoms with Crippen molar-refractivity contribution >= 4 is 23.0 Å². The monoisotopic (exact) mass is 226 g/mol. The minimum absolute atomic E-state index is 0.0998. The lowest BCUT2D eigenvalue weighted by Gasteiger charge is -2.23. The number of nitrogens with one attached hydrogen (secondary N) is 2. The highest BCUT2D eigenvalue weighted by Crippen LogP contribution is 2.09. The van der Waals surface area contributed by atoms with Crippen LogP contribution in [0.5, 0.6) is 0 Å². The Labute approximate surface area is 94.9 Å². The number of hydrogen-bond donors (Lipinski definition) is 2. The molecule has 2 N–H and O–H groups in total. The van der Waals surface area contributed by atoms with Gasteiger partial charge in [-0.3, -0.25) is 0 Å². The van der Waals surface area contributed by atoms with Crippen molar-refractivity contribution in [2.45, 2.75) is 26.3 Å². The summed E-state index contributed by atoms with van der Waals surface area (Å²) in [7, 11) is 0. The summed E-state index contributed by atoms with van der Waals surface area (Å²) in [5.74, 6) is -0.279. The second-order valence-electron chi connectivity index (χ2n) is 4.34. The van der Waals surface area contributed by atoms with Crippen LogP contribution in [0.1, 0.15) is 20.8 Å². The lowest BCUT2D eigenvalue weighted by molar-refractivity contribution is 0.515. The number of halogens is 1. The molecule has 0 radical (unpaired) electrons. The first-order valence-corrected chi connectivity index (χ1v) is 5.12. The minimum Gasteiger partial charge on any atom is -0.358 e. The highest BCUT2D eigenvalue weighted by atomic mass is 32.1. The number of thiocarbonyl (C=S) groups is 1. The molecule has 0 heterocycles. The Bertz CT molecular complexity index is 358. The van der Waals surface area contributed by atoms with Gasteiger partial charge >= 0.3 is 0 Å². The first kappa shape index (κ1) is 11.9. The Morgan fingerprint density at radius 3 is 2.53 bits per heavy atom. The Hall–Kier alpha value is -1.16. The molecule has 1 aromatic rings. The van der Waals surface area contributed by atoms with Crippen LogP contribution in [0.15, 0.2) is 24.3 Å². The van der Waals surface area contributed by atoms with Crippen molar-refractivity contribution in [3.05, 3.63) is 30.1 Å². The maximum atomic E-state index is 12.9. The van der Waals surface area contributed by atoms with Gasteiger partial charge in [-0.2, -0.15) is 0 Å². The Kier molecular flexibility index (Phi) is 3.63. The summed E-state index contributed by atoms with van der Waals surface area (Å²) in [4.78, 5) is 0. The molecule has 0 saturated heterocycles. The van der Waals surface area contributed by atoms with Gasteiger partial charge in [-0.1, -0.05) is 6.07 Å². The molecule has 4 heteroatoms.